The van der Waals surface area contributed by atoms with Crippen molar-refractivity contribution in [1.29, 1.82) is 0 Å². The lowest BCUT2D eigenvalue weighted by atomic mass is 10.1. The minimum atomic E-state index is -0.0460. The van der Waals surface area contributed by atoms with Gasteiger partial charge in [0.1, 0.15) is 17.7 Å². The van der Waals surface area contributed by atoms with Gasteiger partial charge in [-0.15, -0.1) is 0 Å². The zero-order valence-corrected chi connectivity index (χ0v) is 12.0. The molecule has 21 heavy (non-hydrogen) atoms. The van der Waals surface area contributed by atoms with E-state index in [2.05, 4.69) is 14.9 Å². The number of rotatable bonds is 3. The maximum atomic E-state index is 11.7. The summed E-state index contributed by atoms with van der Waals surface area (Å²) in [4.78, 5) is 22.2. The average molecular weight is 286 g/mol. The van der Waals surface area contributed by atoms with Gasteiger partial charge < -0.3 is 14.2 Å². The maximum Gasteiger partial charge on any atom is 0.255 e. The summed E-state index contributed by atoms with van der Waals surface area (Å²) in [6.07, 6.45) is 7.11. The van der Waals surface area contributed by atoms with Gasteiger partial charge >= 0.3 is 0 Å². The number of piperidine rings is 1. The zero-order chi connectivity index (χ0) is 14.7. The number of anilines is 1. The summed E-state index contributed by atoms with van der Waals surface area (Å²) in [5, 5.41) is 0. The van der Waals surface area contributed by atoms with Crippen molar-refractivity contribution in [3.05, 3.63) is 47.3 Å². The predicted molar refractivity (Wildman–Crippen MR) is 79.6 cm³/mol. The third-order valence-corrected chi connectivity index (χ3v) is 3.60. The second-order valence-electron chi connectivity index (χ2n) is 5.21. The van der Waals surface area contributed by atoms with Crippen LogP contribution in [-0.2, 0) is 7.05 Å². The van der Waals surface area contributed by atoms with E-state index < -0.39 is 0 Å². The molecule has 1 aliphatic rings. The summed E-state index contributed by atoms with van der Waals surface area (Å²) < 4.78 is 7.42. The van der Waals surface area contributed by atoms with Crippen molar-refractivity contribution in [3.63, 3.8) is 0 Å². The summed E-state index contributed by atoms with van der Waals surface area (Å²) in [7, 11) is 1.70. The number of aryl methyl sites for hydroxylation is 1. The molecule has 0 aliphatic carbocycles. The first-order valence-electron chi connectivity index (χ1n) is 7.07. The highest BCUT2D eigenvalue weighted by Gasteiger charge is 2.22. The van der Waals surface area contributed by atoms with E-state index in [4.69, 9.17) is 4.74 Å². The Bertz CT molecular complexity index is 656. The fraction of sp³-hybridized carbons (Fsp3) is 0.400. The van der Waals surface area contributed by atoms with Crippen LogP contribution in [0, 0.1) is 0 Å². The van der Waals surface area contributed by atoms with Crippen LogP contribution in [0.3, 0.4) is 0 Å². The Morgan fingerprint density at radius 3 is 3.10 bits per heavy atom. The van der Waals surface area contributed by atoms with Gasteiger partial charge in [0, 0.05) is 25.9 Å². The van der Waals surface area contributed by atoms with Crippen LogP contribution in [0.5, 0.6) is 5.75 Å². The standard InChI is InChI=1S/C15H18N4O2/c1-18-11-17-14(8-15(18)20)19-7-3-5-13(10-19)21-12-4-2-6-16-9-12/h2,4,6,8-9,11,13H,3,5,7,10H2,1H3. The fourth-order valence-corrected chi connectivity index (χ4v) is 2.48. The lowest BCUT2D eigenvalue weighted by Gasteiger charge is -2.33. The molecule has 0 saturated carbocycles. The molecule has 1 saturated heterocycles. The molecule has 6 nitrogen and oxygen atoms in total. The summed E-state index contributed by atoms with van der Waals surface area (Å²) in [5.41, 5.74) is -0.0460. The van der Waals surface area contributed by atoms with E-state index in [1.807, 2.05) is 12.1 Å². The van der Waals surface area contributed by atoms with E-state index in [0.29, 0.717) is 0 Å². The largest absolute Gasteiger partial charge is 0.487 e. The molecular weight excluding hydrogens is 268 g/mol. The Hall–Kier alpha value is -2.37. The Kier molecular flexibility index (Phi) is 3.85. The maximum absolute atomic E-state index is 11.7. The molecule has 0 amide bonds. The summed E-state index contributed by atoms with van der Waals surface area (Å²) in [6, 6.07) is 5.34. The molecule has 6 heteroatoms. The summed E-state index contributed by atoms with van der Waals surface area (Å²) >= 11 is 0. The van der Waals surface area contributed by atoms with Crippen molar-refractivity contribution >= 4 is 5.82 Å². The highest BCUT2D eigenvalue weighted by molar-refractivity contribution is 5.37. The second-order valence-corrected chi connectivity index (χ2v) is 5.21. The van der Waals surface area contributed by atoms with E-state index in [9.17, 15) is 4.79 Å². The van der Waals surface area contributed by atoms with Crippen LogP contribution in [0.4, 0.5) is 5.82 Å². The van der Waals surface area contributed by atoms with E-state index in [1.165, 1.54) is 4.57 Å². The van der Waals surface area contributed by atoms with Crippen LogP contribution >= 0.6 is 0 Å². The predicted octanol–water partition coefficient (Wildman–Crippen LogP) is 1.22. The van der Waals surface area contributed by atoms with Crippen LogP contribution in [0.25, 0.3) is 0 Å². The monoisotopic (exact) mass is 286 g/mol. The third-order valence-electron chi connectivity index (χ3n) is 3.60. The summed E-state index contributed by atoms with van der Waals surface area (Å²) in [6.45, 7) is 1.63. The van der Waals surface area contributed by atoms with Gasteiger partial charge in [-0.25, -0.2) is 4.98 Å². The molecule has 0 aromatic carbocycles. The molecule has 0 radical (unpaired) electrons. The van der Waals surface area contributed by atoms with Gasteiger partial charge in [-0.3, -0.25) is 9.78 Å². The van der Waals surface area contributed by atoms with Gasteiger partial charge in [-0.1, -0.05) is 0 Å². The smallest absolute Gasteiger partial charge is 0.255 e. The van der Waals surface area contributed by atoms with Crippen LogP contribution < -0.4 is 15.2 Å². The minimum absolute atomic E-state index is 0.0460. The van der Waals surface area contributed by atoms with Crippen LogP contribution in [0.2, 0.25) is 0 Å². The zero-order valence-electron chi connectivity index (χ0n) is 12.0. The SMILES string of the molecule is Cn1cnc(N2CCCC(Oc3cccnc3)C2)cc1=O. The third kappa shape index (κ3) is 3.21. The lowest BCUT2D eigenvalue weighted by molar-refractivity contribution is 0.178. The molecule has 2 aromatic heterocycles. The van der Waals surface area contributed by atoms with E-state index >= 15 is 0 Å². The minimum Gasteiger partial charge on any atom is -0.487 e. The first kappa shape index (κ1) is 13.6. The van der Waals surface area contributed by atoms with E-state index in [0.717, 1.165) is 37.5 Å². The molecule has 3 heterocycles. The number of hydrogen-bond acceptors (Lipinski definition) is 5. The molecule has 1 fully saturated rings. The molecule has 1 atom stereocenters. The number of nitrogens with zero attached hydrogens (tertiary/aromatic N) is 4. The van der Waals surface area contributed by atoms with Gasteiger partial charge in [0.05, 0.1) is 19.1 Å². The van der Waals surface area contributed by atoms with Crippen LogP contribution in [0.1, 0.15) is 12.8 Å². The Balaban J connectivity index is 1.70. The Morgan fingerprint density at radius 2 is 2.33 bits per heavy atom. The average Bonchev–Trinajstić information content (AvgIpc) is 2.51. The number of pyridine rings is 1. The van der Waals surface area contributed by atoms with Gasteiger partial charge in [0.15, 0.2) is 0 Å². The first-order valence-corrected chi connectivity index (χ1v) is 7.07. The molecule has 0 spiro atoms. The normalized spacial score (nSPS) is 18.5. The van der Waals surface area contributed by atoms with Crippen LogP contribution in [0.15, 0.2) is 41.7 Å². The van der Waals surface area contributed by atoms with Crippen molar-refractivity contribution in [2.24, 2.45) is 7.05 Å². The molecule has 0 N–H and O–H groups in total. The van der Waals surface area contributed by atoms with Gasteiger partial charge in [-0.2, -0.15) is 0 Å². The van der Waals surface area contributed by atoms with Gasteiger partial charge in [-0.05, 0) is 25.0 Å². The molecule has 3 rings (SSSR count). The molecule has 2 aromatic rings. The highest BCUT2D eigenvalue weighted by atomic mass is 16.5. The molecule has 1 aliphatic heterocycles. The second kappa shape index (κ2) is 5.95. The fourth-order valence-electron chi connectivity index (χ4n) is 2.48. The number of hydrogen-bond donors (Lipinski definition) is 0. The molecule has 110 valence electrons. The lowest BCUT2D eigenvalue weighted by Crippen LogP contribution is -2.42. The number of ether oxygens (including phenoxy) is 1. The van der Waals surface area contributed by atoms with Crippen molar-refractivity contribution in [2.45, 2.75) is 18.9 Å². The highest BCUT2D eigenvalue weighted by Crippen LogP contribution is 2.20. The van der Waals surface area contributed by atoms with E-state index in [-0.39, 0.29) is 11.7 Å². The van der Waals surface area contributed by atoms with Crippen molar-refractivity contribution in [1.82, 2.24) is 14.5 Å². The van der Waals surface area contributed by atoms with Crippen molar-refractivity contribution in [2.75, 3.05) is 18.0 Å². The topological polar surface area (TPSA) is 60.3 Å². The summed E-state index contributed by atoms with van der Waals surface area (Å²) in [5.74, 6) is 1.50. The van der Waals surface area contributed by atoms with Gasteiger partial charge in [0.25, 0.3) is 5.56 Å². The van der Waals surface area contributed by atoms with Crippen molar-refractivity contribution in [3.8, 4) is 5.75 Å². The Morgan fingerprint density at radius 1 is 1.43 bits per heavy atom. The van der Waals surface area contributed by atoms with E-state index in [1.54, 1.807) is 31.8 Å². The quantitative estimate of drug-likeness (QED) is 0.849. The first-order chi connectivity index (χ1) is 10.2. The Labute approximate surface area is 123 Å². The number of aromatic nitrogens is 3. The van der Waals surface area contributed by atoms with Gasteiger partial charge in [0.2, 0.25) is 0 Å². The molecular formula is C15H18N4O2. The van der Waals surface area contributed by atoms with Crippen molar-refractivity contribution < 1.29 is 4.74 Å². The molecule has 1 unspecified atom stereocenters. The van der Waals surface area contributed by atoms with Crippen LogP contribution in [-0.4, -0.2) is 33.7 Å². The molecule has 0 bridgehead atoms.